The lowest BCUT2D eigenvalue weighted by atomic mass is 10.0. The van der Waals surface area contributed by atoms with Crippen LogP contribution in [0.15, 0.2) is 24.3 Å². The topological polar surface area (TPSA) is 24.1 Å². The van der Waals surface area contributed by atoms with Crippen molar-refractivity contribution in [2.24, 2.45) is 0 Å². The zero-order valence-corrected chi connectivity index (χ0v) is 15.0. The summed E-state index contributed by atoms with van der Waals surface area (Å²) in [6.45, 7) is 12.6. The van der Waals surface area contributed by atoms with Crippen LogP contribution in [-0.4, -0.2) is 5.11 Å². The number of aryl methyl sites for hydroxylation is 6. The monoisotopic (exact) mass is 312 g/mol. The molecule has 2 aromatic rings. The molecule has 2 nitrogen and oxygen atoms in total. The maximum atomic E-state index is 5.50. The lowest BCUT2D eigenvalue weighted by Gasteiger charge is -2.18. The Morgan fingerprint density at radius 3 is 1.18 bits per heavy atom. The maximum Gasteiger partial charge on any atom is 0.175 e. The van der Waals surface area contributed by atoms with Gasteiger partial charge >= 0.3 is 0 Å². The second kappa shape index (κ2) is 6.49. The molecule has 0 amide bonds. The molecule has 0 saturated heterocycles. The van der Waals surface area contributed by atoms with Crippen molar-refractivity contribution in [2.45, 2.75) is 41.5 Å². The first-order chi connectivity index (χ1) is 10.3. The summed E-state index contributed by atoms with van der Waals surface area (Å²) < 4.78 is 0. The molecule has 0 radical (unpaired) electrons. The average Bonchev–Trinajstić information content (AvgIpc) is 2.38. The third-order valence-corrected chi connectivity index (χ3v) is 4.04. The highest BCUT2D eigenvalue weighted by Gasteiger charge is 2.09. The Morgan fingerprint density at radius 2 is 0.909 bits per heavy atom. The van der Waals surface area contributed by atoms with Gasteiger partial charge in [0.25, 0.3) is 0 Å². The summed E-state index contributed by atoms with van der Waals surface area (Å²) in [5, 5.41) is 7.32. The highest BCUT2D eigenvalue weighted by atomic mass is 32.1. The molecule has 0 aliphatic carbocycles. The molecule has 2 N–H and O–H groups in total. The van der Waals surface area contributed by atoms with Crippen molar-refractivity contribution in [1.29, 1.82) is 0 Å². The van der Waals surface area contributed by atoms with E-state index in [4.69, 9.17) is 12.2 Å². The predicted molar refractivity (Wildman–Crippen MR) is 101 cm³/mol. The summed E-state index contributed by atoms with van der Waals surface area (Å²) in [5.41, 5.74) is 9.54. The number of anilines is 2. The molecular formula is C19H24N2S. The van der Waals surface area contributed by atoms with Crippen molar-refractivity contribution in [1.82, 2.24) is 0 Å². The Balaban J connectivity index is 2.22. The molecule has 0 atom stereocenters. The maximum absolute atomic E-state index is 5.50. The van der Waals surface area contributed by atoms with Gasteiger partial charge in [0.15, 0.2) is 5.11 Å². The van der Waals surface area contributed by atoms with Crippen LogP contribution in [0.3, 0.4) is 0 Å². The largest absolute Gasteiger partial charge is 0.332 e. The zero-order valence-electron chi connectivity index (χ0n) is 14.2. The van der Waals surface area contributed by atoms with E-state index in [-0.39, 0.29) is 0 Å². The molecular weight excluding hydrogens is 288 g/mol. The molecule has 0 unspecified atom stereocenters. The number of hydrogen-bond acceptors (Lipinski definition) is 1. The Hall–Kier alpha value is -1.87. The van der Waals surface area contributed by atoms with Crippen LogP contribution in [0.4, 0.5) is 11.4 Å². The predicted octanol–water partition coefficient (Wildman–Crippen LogP) is 5.35. The van der Waals surface area contributed by atoms with Gasteiger partial charge < -0.3 is 10.6 Å². The van der Waals surface area contributed by atoms with Gasteiger partial charge in [-0.2, -0.15) is 0 Å². The average molecular weight is 312 g/mol. The fourth-order valence-corrected chi connectivity index (χ4v) is 3.22. The van der Waals surface area contributed by atoms with Crippen LogP contribution in [0.5, 0.6) is 0 Å². The molecule has 0 spiro atoms. The summed E-state index contributed by atoms with van der Waals surface area (Å²) in [6, 6.07) is 8.67. The molecule has 0 saturated carbocycles. The molecule has 0 aliphatic rings. The Kier molecular flexibility index (Phi) is 4.87. The van der Waals surface area contributed by atoms with Crippen molar-refractivity contribution in [3.05, 3.63) is 57.6 Å². The standard InChI is InChI=1S/C19H24N2S/c1-11-7-13(3)17(14(4)8-11)20-19(22)21-18-15(5)9-12(2)10-16(18)6/h7-10H,1-6H3,(H2,20,21,22). The number of thiocarbonyl (C=S) groups is 1. The third-order valence-electron chi connectivity index (χ3n) is 3.83. The van der Waals surface area contributed by atoms with E-state index in [1.807, 2.05) is 0 Å². The summed E-state index contributed by atoms with van der Waals surface area (Å²) in [4.78, 5) is 0. The third kappa shape index (κ3) is 3.66. The van der Waals surface area contributed by atoms with Crippen molar-refractivity contribution >= 4 is 28.7 Å². The zero-order chi connectivity index (χ0) is 16.4. The number of benzene rings is 2. The van der Waals surface area contributed by atoms with Crippen LogP contribution in [0.1, 0.15) is 33.4 Å². The Labute approximate surface area is 139 Å². The summed E-state index contributed by atoms with van der Waals surface area (Å²) in [5.74, 6) is 0. The highest BCUT2D eigenvalue weighted by molar-refractivity contribution is 7.80. The van der Waals surface area contributed by atoms with E-state index in [1.54, 1.807) is 0 Å². The molecule has 0 fully saturated rings. The first kappa shape index (κ1) is 16.5. The van der Waals surface area contributed by atoms with E-state index < -0.39 is 0 Å². The highest BCUT2D eigenvalue weighted by Crippen LogP contribution is 2.24. The van der Waals surface area contributed by atoms with E-state index in [2.05, 4.69) is 76.4 Å². The van der Waals surface area contributed by atoms with Gasteiger partial charge in [-0.1, -0.05) is 35.4 Å². The Bertz CT molecular complexity index is 625. The fourth-order valence-electron chi connectivity index (χ4n) is 3.01. The number of hydrogen-bond donors (Lipinski definition) is 2. The number of rotatable bonds is 2. The smallest absolute Gasteiger partial charge is 0.175 e. The minimum absolute atomic E-state index is 0.630. The van der Waals surface area contributed by atoms with Crippen LogP contribution in [0.25, 0.3) is 0 Å². The quantitative estimate of drug-likeness (QED) is 0.731. The molecule has 0 heterocycles. The van der Waals surface area contributed by atoms with Crippen LogP contribution in [-0.2, 0) is 0 Å². The second-order valence-electron chi connectivity index (χ2n) is 6.13. The molecule has 3 heteroatoms. The van der Waals surface area contributed by atoms with Crippen molar-refractivity contribution in [3.63, 3.8) is 0 Å². The van der Waals surface area contributed by atoms with Gasteiger partial charge in [-0.3, -0.25) is 0 Å². The van der Waals surface area contributed by atoms with E-state index >= 15 is 0 Å². The van der Waals surface area contributed by atoms with Gasteiger partial charge in [0, 0.05) is 11.4 Å². The molecule has 0 aliphatic heterocycles. The fraction of sp³-hybridized carbons (Fsp3) is 0.316. The molecule has 22 heavy (non-hydrogen) atoms. The van der Waals surface area contributed by atoms with Crippen molar-refractivity contribution in [3.8, 4) is 0 Å². The summed E-state index contributed by atoms with van der Waals surface area (Å²) >= 11 is 5.50. The lowest BCUT2D eigenvalue weighted by Crippen LogP contribution is -2.21. The van der Waals surface area contributed by atoms with E-state index in [1.165, 1.54) is 33.4 Å². The lowest BCUT2D eigenvalue weighted by molar-refractivity contribution is 1.31. The minimum Gasteiger partial charge on any atom is -0.332 e. The second-order valence-corrected chi connectivity index (χ2v) is 6.53. The van der Waals surface area contributed by atoms with Gasteiger partial charge in [0.05, 0.1) is 0 Å². The first-order valence-electron chi connectivity index (χ1n) is 7.51. The van der Waals surface area contributed by atoms with Crippen LogP contribution >= 0.6 is 12.2 Å². The van der Waals surface area contributed by atoms with Crippen molar-refractivity contribution < 1.29 is 0 Å². The van der Waals surface area contributed by atoms with Gasteiger partial charge in [0.1, 0.15) is 0 Å². The first-order valence-corrected chi connectivity index (χ1v) is 7.92. The molecule has 0 aromatic heterocycles. The SMILES string of the molecule is Cc1cc(C)c(NC(=S)Nc2c(C)cc(C)cc2C)c(C)c1. The van der Waals surface area contributed by atoms with E-state index in [9.17, 15) is 0 Å². The van der Waals surface area contributed by atoms with Gasteiger partial charge in [-0.15, -0.1) is 0 Å². The molecule has 116 valence electrons. The normalized spacial score (nSPS) is 10.5. The molecule has 2 rings (SSSR count). The molecule has 0 bridgehead atoms. The van der Waals surface area contributed by atoms with Gasteiger partial charge in [0.2, 0.25) is 0 Å². The van der Waals surface area contributed by atoms with E-state index in [0.717, 1.165) is 11.4 Å². The van der Waals surface area contributed by atoms with Crippen LogP contribution < -0.4 is 10.6 Å². The van der Waals surface area contributed by atoms with Gasteiger partial charge in [-0.05, 0) is 76.0 Å². The van der Waals surface area contributed by atoms with Gasteiger partial charge in [-0.25, -0.2) is 0 Å². The summed E-state index contributed by atoms with van der Waals surface area (Å²) in [7, 11) is 0. The number of nitrogens with one attached hydrogen (secondary N) is 2. The Morgan fingerprint density at radius 1 is 0.636 bits per heavy atom. The van der Waals surface area contributed by atoms with E-state index in [0.29, 0.717) is 5.11 Å². The molecule has 2 aromatic carbocycles. The summed E-state index contributed by atoms with van der Waals surface area (Å²) in [6.07, 6.45) is 0. The van der Waals surface area contributed by atoms with Crippen LogP contribution in [0.2, 0.25) is 0 Å². The van der Waals surface area contributed by atoms with Crippen molar-refractivity contribution in [2.75, 3.05) is 10.6 Å². The van der Waals surface area contributed by atoms with Crippen LogP contribution in [0, 0.1) is 41.5 Å². The minimum atomic E-state index is 0.630.